The number of benzene rings is 1. The van der Waals surface area contributed by atoms with Crippen LogP contribution in [-0.2, 0) is 18.4 Å². The number of rotatable bonds is 1. The van der Waals surface area contributed by atoms with Crippen molar-refractivity contribution in [3.63, 3.8) is 0 Å². The average molecular weight is 255 g/mol. The van der Waals surface area contributed by atoms with Crippen LogP contribution in [0.2, 0.25) is 0 Å². The number of aryl methyl sites for hydroxylation is 2. The van der Waals surface area contributed by atoms with Crippen LogP contribution in [0.5, 0.6) is 0 Å². The number of hydrogen-bond donors (Lipinski definition) is 0. The smallest absolute Gasteiger partial charge is 0.181 e. The molecule has 0 unspecified atom stereocenters. The fourth-order valence-corrected chi connectivity index (χ4v) is 2.52. The lowest BCUT2D eigenvalue weighted by Crippen LogP contribution is -2.11. The van der Waals surface area contributed by atoms with Crippen LogP contribution in [0.25, 0.3) is 11.4 Å². The van der Waals surface area contributed by atoms with Gasteiger partial charge in [-0.05, 0) is 23.8 Å². The molecule has 0 radical (unpaired) electrons. The molecule has 3 rings (SSSR count). The zero-order valence-electron chi connectivity index (χ0n) is 12.0. The first-order chi connectivity index (χ1) is 9.04. The second-order valence-electron chi connectivity index (χ2n) is 6.36. The van der Waals surface area contributed by atoms with Crippen LogP contribution in [0.15, 0.2) is 24.3 Å². The number of fused-ring (bicyclic) bond motifs is 1. The van der Waals surface area contributed by atoms with Crippen molar-refractivity contribution in [1.82, 2.24) is 14.8 Å². The van der Waals surface area contributed by atoms with Gasteiger partial charge in [-0.3, -0.25) is 0 Å². The predicted molar refractivity (Wildman–Crippen MR) is 77.1 cm³/mol. The Kier molecular flexibility index (Phi) is 2.92. The topological polar surface area (TPSA) is 30.7 Å². The van der Waals surface area contributed by atoms with E-state index < -0.39 is 0 Å². The second kappa shape index (κ2) is 4.48. The minimum absolute atomic E-state index is 0.194. The Morgan fingerprint density at radius 2 is 1.79 bits per heavy atom. The van der Waals surface area contributed by atoms with Gasteiger partial charge < -0.3 is 0 Å². The Balaban J connectivity index is 1.92. The van der Waals surface area contributed by atoms with Gasteiger partial charge in [-0.15, -0.1) is 0 Å². The third-order valence-electron chi connectivity index (χ3n) is 3.78. The minimum atomic E-state index is 0.194. The van der Waals surface area contributed by atoms with Crippen molar-refractivity contribution in [1.29, 1.82) is 0 Å². The molecule has 2 aromatic rings. The van der Waals surface area contributed by atoms with E-state index >= 15 is 0 Å². The summed E-state index contributed by atoms with van der Waals surface area (Å²) < 4.78 is 2.07. The van der Waals surface area contributed by atoms with Gasteiger partial charge in [0.1, 0.15) is 5.82 Å². The molecule has 1 aromatic heterocycles. The molecule has 0 saturated heterocycles. The highest BCUT2D eigenvalue weighted by molar-refractivity contribution is 5.55. The molecule has 0 aliphatic carbocycles. The van der Waals surface area contributed by atoms with Crippen LogP contribution in [0.1, 0.15) is 45.0 Å². The van der Waals surface area contributed by atoms with Crippen LogP contribution in [0, 0.1) is 0 Å². The molecule has 0 N–H and O–H groups in total. The Hall–Kier alpha value is -1.64. The molecule has 3 heteroatoms. The van der Waals surface area contributed by atoms with Crippen LogP contribution in [-0.4, -0.2) is 14.8 Å². The first-order valence-electron chi connectivity index (χ1n) is 7.09. The fourth-order valence-electron chi connectivity index (χ4n) is 2.52. The summed E-state index contributed by atoms with van der Waals surface area (Å²) in [5, 5.41) is 4.62. The van der Waals surface area contributed by atoms with Gasteiger partial charge in [0.15, 0.2) is 5.82 Å². The molecule has 0 spiro atoms. The number of hydrogen-bond acceptors (Lipinski definition) is 2. The van der Waals surface area contributed by atoms with E-state index in [1.54, 1.807) is 0 Å². The average Bonchev–Trinajstić information content (AvgIpc) is 2.81. The molecule has 2 heterocycles. The summed E-state index contributed by atoms with van der Waals surface area (Å²) in [6.07, 6.45) is 3.52. The van der Waals surface area contributed by atoms with Crippen molar-refractivity contribution in [2.45, 2.75) is 52.0 Å². The highest BCUT2D eigenvalue weighted by atomic mass is 15.3. The zero-order chi connectivity index (χ0) is 13.5. The highest BCUT2D eigenvalue weighted by Crippen LogP contribution is 2.25. The van der Waals surface area contributed by atoms with Crippen molar-refractivity contribution in [2.75, 3.05) is 0 Å². The van der Waals surface area contributed by atoms with E-state index in [0.29, 0.717) is 0 Å². The molecule has 1 aliphatic heterocycles. The Morgan fingerprint density at radius 1 is 1.05 bits per heavy atom. The SMILES string of the molecule is CC(C)(C)c1ccc(-c2nc3n(n2)CCCC3)cc1. The molecule has 0 saturated carbocycles. The van der Waals surface area contributed by atoms with Crippen LogP contribution in [0.3, 0.4) is 0 Å². The van der Waals surface area contributed by atoms with E-state index in [1.165, 1.54) is 18.4 Å². The van der Waals surface area contributed by atoms with E-state index in [0.717, 1.165) is 30.2 Å². The summed E-state index contributed by atoms with van der Waals surface area (Å²) in [5.74, 6) is 2.01. The Bertz CT molecular complexity index is 550. The minimum Gasteiger partial charge on any atom is -0.249 e. The predicted octanol–water partition coefficient (Wildman–Crippen LogP) is 3.58. The number of aromatic nitrogens is 3. The van der Waals surface area contributed by atoms with Crippen molar-refractivity contribution in [3.8, 4) is 11.4 Å². The molecular formula is C16H21N3. The van der Waals surface area contributed by atoms with Crippen molar-refractivity contribution >= 4 is 0 Å². The molecule has 0 amide bonds. The molecular weight excluding hydrogens is 234 g/mol. The van der Waals surface area contributed by atoms with Gasteiger partial charge in [0.05, 0.1) is 0 Å². The van der Waals surface area contributed by atoms with Gasteiger partial charge >= 0.3 is 0 Å². The van der Waals surface area contributed by atoms with E-state index in [9.17, 15) is 0 Å². The Morgan fingerprint density at radius 3 is 2.42 bits per heavy atom. The van der Waals surface area contributed by atoms with Crippen molar-refractivity contribution in [2.24, 2.45) is 0 Å². The lowest BCUT2D eigenvalue weighted by Gasteiger charge is -2.18. The van der Waals surface area contributed by atoms with Crippen LogP contribution >= 0.6 is 0 Å². The van der Waals surface area contributed by atoms with Crippen LogP contribution < -0.4 is 0 Å². The number of nitrogens with zero attached hydrogens (tertiary/aromatic N) is 3. The van der Waals surface area contributed by atoms with Crippen molar-refractivity contribution in [3.05, 3.63) is 35.7 Å². The van der Waals surface area contributed by atoms with Gasteiger partial charge in [-0.1, -0.05) is 45.0 Å². The van der Waals surface area contributed by atoms with E-state index in [2.05, 4.69) is 59.8 Å². The summed E-state index contributed by atoms with van der Waals surface area (Å²) in [7, 11) is 0. The third-order valence-corrected chi connectivity index (χ3v) is 3.78. The summed E-state index contributed by atoms with van der Waals surface area (Å²) in [4.78, 5) is 4.66. The molecule has 0 fully saturated rings. The van der Waals surface area contributed by atoms with Gasteiger partial charge in [0.2, 0.25) is 0 Å². The quantitative estimate of drug-likeness (QED) is 0.779. The molecule has 19 heavy (non-hydrogen) atoms. The van der Waals surface area contributed by atoms with Gasteiger partial charge in [0, 0.05) is 18.5 Å². The maximum absolute atomic E-state index is 4.66. The second-order valence-corrected chi connectivity index (χ2v) is 6.36. The first kappa shape index (κ1) is 12.4. The molecule has 3 nitrogen and oxygen atoms in total. The van der Waals surface area contributed by atoms with Crippen molar-refractivity contribution < 1.29 is 0 Å². The summed E-state index contributed by atoms with van der Waals surface area (Å²) in [5.41, 5.74) is 2.66. The summed E-state index contributed by atoms with van der Waals surface area (Å²) in [6.45, 7) is 7.71. The maximum atomic E-state index is 4.66. The fraction of sp³-hybridized carbons (Fsp3) is 0.500. The van der Waals surface area contributed by atoms with Crippen LogP contribution in [0.4, 0.5) is 0 Å². The first-order valence-corrected chi connectivity index (χ1v) is 7.09. The summed E-state index contributed by atoms with van der Waals surface area (Å²) in [6, 6.07) is 8.66. The molecule has 0 bridgehead atoms. The normalized spacial score (nSPS) is 15.3. The largest absolute Gasteiger partial charge is 0.249 e. The lowest BCUT2D eigenvalue weighted by molar-refractivity contribution is 0.480. The molecule has 1 aromatic carbocycles. The summed E-state index contributed by atoms with van der Waals surface area (Å²) >= 11 is 0. The van der Waals surface area contributed by atoms with Gasteiger partial charge in [0.25, 0.3) is 0 Å². The standard InChI is InChI=1S/C16H21N3/c1-16(2,3)13-9-7-12(8-10-13)15-17-14-6-4-5-11-19(14)18-15/h7-10H,4-6,11H2,1-3H3. The maximum Gasteiger partial charge on any atom is 0.181 e. The van der Waals surface area contributed by atoms with Gasteiger partial charge in [-0.25, -0.2) is 9.67 Å². The lowest BCUT2D eigenvalue weighted by atomic mass is 9.87. The molecule has 100 valence electrons. The Labute approximate surface area is 114 Å². The van der Waals surface area contributed by atoms with E-state index in [1.807, 2.05) is 0 Å². The third kappa shape index (κ3) is 2.42. The monoisotopic (exact) mass is 255 g/mol. The molecule has 1 aliphatic rings. The zero-order valence-corrected chi connectivity index (χ0v) is 12.0. The van der Waals surface area contributed by atoms with Gasteiger partial charge in [-0.2, -0.15) is 5.10 Å². The highest BCUT2D eigenvalue weighted by Gasteiger charge is 2.16. The van der Waals surface area contributed by atoms with E-state index in [-0.39, 0.29) is 5.41 Å². The molecule has 0 atom stereocenters. The van der Waals surface area contributed by atoms with E-state index in [4.69, 9.17) is 0 Å².